The molecule has 0 aliphatic carbocycles. The Morgan fingerprint density at radius 2 is 1.63 bits per heavy atom. The van der Waals surface area contributed by atoms with Crippen molar-refractivity contribution in [1.29, 1.82) is 0 Å². The van der Waals surface area contributed by atoms with E-state index in [0.29, 0.717) is 37.3 Å². The molecule has 4 nitrogen and oxygen atoms in total. The van der Waals surface area contributed by atoms with Crippen LogP contribution in [-0.2, 0) is 22.4 Å². The molecular weight excluding hydrogens is 396 g/mol. The number of hydrogen-bond donors (Lipinski definition) is 1. The van der Waals surface area contributed by atoms with E-state index < -0.39 is 6.04 Å². The van der Waals surface area contributed by atoms with E-state index in [0.717, 1.165) is 11.1 Å². The molecule has 1 N–H and O–H groups in total. The SMILES string of the molecule is CCC(C(=O)NC(C)(C)C)N(CCc1ccccc1)C(=O)CCc1ccccc1Cl. The molecule has 2 rings (SSSR count). The highest BCUT2D eigenvalue weighted by Gasteiger charge is 2.30. The molecule has 162 valence electrons. The van der Waals surface area contributed by atoms with Crippen molar-refractivity contribution in [3.63, 3.8) is 0 Å². The predicted octanol–water partition coefficient (Wildman–Crippen LogP) is 5.04. The van der Waals surface area contributed by atoms with Gasteiger partial charge in [0.25, 0.3) is 0 Å². The van der Waals surface area contributed by atoms with Crippen molar-refractivity contribution in [3.8, 4) is 0 Å². The van der Waals surface area contributed by atoms with Gasteiger partial charge in [-0.05, 0) is 57.2 Å². The lowest BCUT2D eigenvalue weighted by atomic mass is 10.0. The lowest BCUT2D eigenvalue weighted by Gasteiger charge is -2.33. The summed E-state index contributed by atoms with van der Waals surface area (Å²) in [5.41, 5.74) is 1.74. The molecule has 0 bridgehead atoms. The Labute approximate surface area is 185 Å². The van der Waals surface area contributed by atoms with Crippen molar-refractivity contribution in [2.75, 3.05) is 6.54 Å². The van der Waals surface area contributed by atoms with E-state index >= 15 is 0 Å². The predicted molar refractivity (Wildman–Crippen MR) is 124 cm³/mol. The number of benzene rings is 2. The third-order valence-corrected chi connectivity index (χ3v) is 5.30. The number of carbonyl (C=O) groups excluding carboxylic acids is 2. The van der Waals surface area contributed by atoms with Crippen LogP contribution in [0.15, 0.2) is 54.6 Å². The first kappa shape index (κ1) is 23.9. The van der Waals surface area contributed by atoms with Gasteiger partial charge in [0.2, 0.25) is 11.8 Å². The van der Waals surface area contributed by atoms with Crippen LogP contribution in [0.4, 0.5) is 0 Å². The molecule has 1 unspecified atom stereocenters. The molecule has 0 saturated heterocycles. The standard InChI is InChI=1S/C25H33ClN2O2/c1-5-22(24(30)27-25(2,3)4)28(18-17-19-11-7-6-8-12-19)23(29)16-15-20-13-9-10-14-21(20)26/h6-14,22H,5,15-18H2,1-4H3,(H,27,30). The molecule has 0 aromatic heterocycles. The lowest BCUT2D eigenvalue weighted by molar-refractivity contribution is -0.141. The summed E-state index contributed by atoms with van der Waals surface area (Å²) in [6.45, 7) is 8.30. The number of nitrogens with zero attached hydrogens (tertiary/aromatic N) is 1. The van der Waals surface area contributed by atoms with Crippen molar-refractivity contribution < 1.29 is 9.59 Å². The Hall–Kier alpha value is -2.33. The summed E-state index contributed by atoms with van der Waals surface area (Å²) in [6.07, 6.45) is 2.14. The van der Waals surface area contributed by atoms with Gasteiger partial charge in [-0.25, -0.2) is 0 Å². The van der Waals surface area contributed by atoms with Crippen molar-refractivity contribution in [3.05, 3.63) is 70.7 Å². The molecule has 0 radical (unpaired) electrons. The van der Waals surface area contributed by atoms with E-state index in [1.165, 1.54) is 0 Å². The average Bonchev–Trinajstić information content (AvgIpc) is 2.69. The Morgan fingerprint density at radius 1 is 1.00 bits per heavy atom. The van der Waals surface area contributed by atoms with Crippen LogP contribution in [0, 0.1) is 0 Å². The molecule has 0 saturated carbocycles. The van der Waals surface area contributed by atoms with Crippen LogP contribution >= 0.6 is 11.6 Å². The molecule has 2 aromatic rings. The molecule has 0 aliphatic heterocycles. The fourth-order valence-corrected chi connectivity index (χ4v) is 3.67. The second-order valence-corrected chi connectivity index (χ2v) is 8.98. The Morgan fingerprint density at radius 3 is 2.23 bits per heavy atom. The zero-order valence-electron chi connectivity index (χ0n) is 18.5. The maximum absolute atomic E-state index is 13.2. The van der Waals surface area contributed by atoms with Gasteiger partial charge in [0.15, 0.2) is 0 Å². The number of halogens is 1. The second-order valence-electron chi connectivity index (χ2n) is 8.58. The quantitative estimate of drug-likeness (QED) is 0.608. The van der Waals surface area contributed by atoms with Crippen LogP contribution in [0.1, 0.15) is 51.7 Å². The number of carbonyl (C=O) groups is 2. The molecule has 30 heavy (non-hydrogen) atoms. The Kier molecular flexibility index (Phi) is 8.91. The lowest BCUT2D eigenvalue weighted by Crippen LogP contribution is -2.54. The Bertz CT molecular complexity index is 831. The second kappa shape index (κ2) is 11.2. The summed E-state index contributed by atoms with van der Waals surface area (Å²) >= 11 is 6.25. The maximum atomic E-state index is 13.2. The molecule has 5 heteroatoms. The van der Waals surface area contributed by atoms with E-state index in [1.54, 1.807) is 4.90 Å². The molecule has 1 atom stereocenters. The highest BCUT2D eigenvalue weighted by molar-refractivity contribution is 6.31. The van der Waals surface area contributed by atoms with Crippen molar-refractivity contribution in [1.82, 2.24) is 10.2 Å². The van der Waals surface area contributed by atoms with Gasteiger partial charge in [-0.1, -0.05) is 67.1 Å². The Balaban J connectivity index is 2.16. The van der Waals surface area contributed by atoms with Gasteiger partial charge in [0.1, 0.15) is 6.04 Å². The summed E-state index contributed by atoms with van der Waals surface area (Å²) in [5, 5.41) is 3.70. The third-order valence-electron chi connectivity index (χ3n) is 4.93. The molecule has 2 amide bonds. The van der Waals surface area contributed by atoms with Gasteiger partial charge < -0.3 is 10.2 Å². The number of amides is 2. The highest BCUT2D eigenvalue weighted by atomic mass is 35.5. The van der Waals surface area contributed by atoms with Crippen LogP contribution in [-0.4, -0.2) is 34.8 Å². The largest absolute Gasteiger partial charge is 0.350 e. The monoisotopic (exact) mass is 428 g/mol. The third kappa shape index (κ3) is 7.49. The zero-order chi connectivity index (χ0) is 22.1. The molecule has 0 aliphatic rings. The van der Waals surface area contributed by atoms with E-state index in [2.05, 4.69) is 5.32 Å². The number of hydrogen-bond acceptors (Lipinski definition) is 2. The van der Waals surface area contributed by atoms with Crippen molar-refractivity contribution in [2.45, 2.75) is 65.0 Å². The van der Waals surface area contributed by atoms with Crippen LogP contribution in [0.5, 0.6) is 0 Å². The smallest absolute Gasteiger partial charge is 0.243 e. The first-order valence-electron chi connectivity index (χ1n) is 10.6. The van der Waals surface area contributed by atoms with Gasteiger partial charge in [0, 0.05) is 23.5 Å². The maximum Gasteiger partial charge on any atom is 0.243 e. The van der Waals surface area contributed by atoms with Crippen molar-refractivity contribution >= 4 is 23.4 Å². The van der Waals surface area contributed by atoms with Gasteiger partial charge in [-0.2, -0.15) is 0 Å². The van der Waals surface area contributed by atoms with E-state index in [9.17, 15) is 9.59 Å². The summed E-state index contributed by atoms with van der Waals surface area (Å²) in [6, 6.07) is 17.1. The molecular formula is C25H33ClN2O2. The minimum atomic E-state index is -0.494. The summed E-state index contributed by atoms with van der Waals surface area (Å²) < 4.78 is 0. The van der Waals surface area contributed by atoms with E-state index in [-0.39, 0.29) is 17.4 Å². The number of aryl methyl sites for hydroxylation is 1. The first-order valence-corrected chi connectivity index (χ1v) is 11.0. The molecule has 0 fully saturated rings. The zero-order valence-corrected chi connectivity index (χ0v) is 19.2. The van der Waals surface area contributed by atoms with E-state index in [4.69, 9.17) is 11.6 Å². The molecule has 2 aromatic carbocycles. The van der Waals surface area contributed by atoms with E-state index in [1.807, 2.05) is 82.3 Å². The fraction of sp³-hybridized carbons (Fsp3) is 0.440. The normalized spacial score (nSPS) is 12.3. The highest BCUT2D eigenvalue weighted by Crippen LogP contribution is 2.18. The topological polar surface area (TPSA) is 49.4 Å². The van der Waals surface area contributed by atoms with Gasteiger partial charge in [0.05, 0.1) is 0 Å². The first-order chi connectivity index (χ1) is 14.2. The fourth-order valence-electron chi connectivity index (χ4n) is 3.44. The van der Waals surface area contributed by atoms with Crippen LogP contribution in [0.2, 0.25) is 5.02 Å². The van der Waals surface area contributed by atoms with Crippen molar-refractivity contribution in [2.24, 2.45) is 0 Å². The summed E-state index contributed by atoms with van der Waals surface area (Å²) in [4.78, 5) is 27.9. The minimum absolute atomic E-state index is 0.0261. The molecule has 0 heterocycles. The van der Waals surface area contributed by atoms with Gasteiger partial charge in [-0.3, -0.25) is 9.59 Å². The van der Waals surface area contributed by atoms with Crippen LogP contribution < -0.4 is 5.32 Å². The summed E-state index contributed by atoms with van der Waals surface area (Å²) in [5.74, 6) is -0.133. The number of rotatable bonds is 9. The van der Waals surface area contributed by atoms with Gasteiger partial charge in [-0.15, -0.1) is 0 Å². The number of nitrogens with one attached hydrogen (secondary N) is 1. The van der Waals surface area contributed by atoms with Crippen LogP contribution in [0.25, 0.3) is 0 Å². The van der Waals surface area contributed by atoms with Gasteiger partial charge >= 0.3 is 0 Å². The minimum Gasteiger partial charge on any atom is -0.350 e. The average molecular weight is 429 g/mol. The van der Waals surface area contributed by atoms with Crippen LogP contribution in [0.3, 0.4) is 0 Å². The summed E-state index contributed by atoms with van der Waals surface area (Å²) in [7, 11) is 0. The molecule has 0 spiro atoms.